The summed E-state index contributed by atoms with van der Waals surface area (Å²) in [6, 6.07) is 4.92. The molecular weight excluding hydrogens is 376 g/mol. The number of rotatable bonds is 10. The molecule has 0 bridgehead atoms. The predicted octanol–water partition coefficient (Wildman–Crippen LogP) is 4.72. The third kappa shape index (κ3) is 4.29. The lowest BCUT2D eigenvalue weighted by atomic mass is 9.74. The van der Waals surface area contributed by atoms with Crippen molar-refractivity contribution < 1.29 is 22.9 Å². The molecule has 0 radical (unpaired) electrons. The van der Waals surface area contributed by atoms with E-state index < -0.39 is 11.4 Å². The van der Waals surface area contributed by atoms with Gasteiger partial charge in [-0.25, -0.2) is 0 Å². The van der Waals surface area contributed by atoms with Crippen molar-refractivity contribution in [2.24, 2.45) is 5.41 Å². The van der Waals surface area contributed by atoms with Crippen LogP contribution in [0.2, 0.25) is 0 Å². The fraction of sp³-hybridized carbons (Fsp3) is 0.556. The van der Waals surface area contributed by atoms with Crippen LogP contribution >= 0.6 is 16.3 Å². The van der Waals surface area contributed by atoms with Crippen molar-refractivity contribution in [3.8, 4) is 11.5 Å². The minimum absolute atomic E-state index is 0.258. The number of halogens is 1. The van der Waals surface area contributed by atoms with Crippen LogP contribution in [0.1, 0.15) is 56.3 Å². The van der Waals surface area contributed by atoms with Crippen LogP contribution in [0.25, 0.3) is 0 Å². The molecule has 5 nitrogen and oxygen atoms in total. The van der Waals surface area contributed by atoms with E-state index in [1.165, 1.54) is 14.2 Å². The van der Waals surface area contributed by atoms with Gasteiger partial charge in [0, 0.05) is 5.56 Å². The summed E-state index contributed by atoms with van der Waals surface area (Å²) in [6.45, 7) is 3.90. The molecule has 1 atom stereocenters. The Morgan fingerprint density at radius 1 is 1.08 bits per heavy atom. The summed E-state index contributed by atoms with van der Waals surface area (Å²) >= 11 is 2.75. The zero-order valence-corrected chi connectivity index (χ0v) is 16.3. The summed E-state index contributed by atoms with van der Waals surface area (Å²) in [5, 5.41) is 0. The van der Waals surface area contributed by atoms with Gasteiger partial charge in [0.15, 0.2) is 33.5 Å². The van der Waals surface area contributed by atoms with Gasteiger partial charge >= 0.3 is 5.97 Å². The minimum Gasteiger partial charge on any atom is -0.493 e. The van der Waals surface area contributed by atoms with E-state index in [1.54, 1.807) is 18.2 Å². The highest BCUT2D eigenvalue weighted by Gasteiger charge is 2.45. The lowest BCUT2D eigenvalue weighted by Gasteiger charge is -2.28. The summed E-state index contributed by atoms with van der Waals surface area (Å²) in [5.41, 5.74) is -0.790. The number of hydrogen-bond acceptors (Lipinski definition) is 5. The second-order valence-corrected chi connectivity index (χ2v) is 5.98. The Morgan fingerprint density at radius 3 is 2.25 bits per heavy atom. The van der Waals surface area contributed by atoms with Crippen LogP contribution in [-0.4, -0.2) is 26.0 Å². The number of carbonyl (C=O) groups is 2. The third-order valence-corrected chi connectivity index (χ3v) is 4.65. The van der Waals surface area contributed by atoms with E-state index in [2.05, 4.69) is 23.2 Å². The van der Waals surface area contributed by atoms with Crippen molar-refractivity contribution in [2.45, 2.75) is 46.0 Å². The van der Waals surface area contributed by atoms with Crippen LogP contribution in [0.5, 0.6) is 11.5 Å². The lowest BCUT2D eigenvalue weighted by Crippen LogP contribution is -2.39. The first kappa shape index (κ1) is 20.5. The van der Waals surface area contributed by atoms with Crippen molar-refractivity contribution in [3.05, 3.63) is 23.8 Å². The number of ketones is 1. The van der Waals surface area contributed by atoms with Gasteiger partial charge in [-0.05, 0) is 31.0 Å². The molecule has 0 heterocycles. The maximum atomic E-state index is 13.1. The predicted molar refractivity (Wildman–Crippen MR) is 95.8 cm³/mol. The Hall–Kier alpha value is -1.56. The molecule has 24 heavy (non-hydrogen) atoms. The maximum absolute atomic E-state index is 13.1. The minimum atomic E-state index is -1.20. The monoisotopic (exact) mass is 400 g/mol. The van der Waals surface area contributed by atoms with Crippen LogP contribution in [-0.2, 0) is 8.62 Å². The van der Waals surface area contributed by atoms with Gasteiger partial charge in [-0.2, -0.15) is 0 Å². The molecule has 0 saturated heterocycles. The van der Waals surface area contributed by atoms with E-state index in [0.717, 1.165) is 19.3 Å². The smallest absolute Gasteiger partial charge is 0.331 e. The van der Waals surface area contributed by atoms with E-state index in [-0.39, 0.29) is 5.78 Å². The fourth-order valence-corrected chi connectivity index (χ4v) is 3.10. The van der Waals surface area contributed by atoms with E-state index in [0.29, 0.717) is 29.9 Å². The fourth-order valence-electron chi connectivity index (χ4n) is 2.79. The second kappa shape index (κ2) is 9.67. The quantitative estimate of drug-likeness (QED) is 0.323. The molecule has 0 aromatic heterocycles. The molecular formula is C18H25BrO5. The van der Waals surface area contributed by atoms with Crippen LogP contribution in [0.4, 0.5) is 0 Å². The lowest BCUT2D eigenvalue weighted by molar-refractivity contribution is -0.141. The molecule has 1 aromatic carbocycles. The van der Waals surface area contributed by atoms with Crippen LogP contribution < -0.4 is 9.47 Å². The Morgan fingerprint density at radius 2 is 1.75 bits per heavy atom. The Kier molecular flexibility index (Phi) is 8.25. The Bertz CT molecular complexity index is 573. The normalized spacial score (nSPS) is 13.0. The number of Topliss-reactive ketones (excluding diaryl/α,β-unsaturated/α-hetero) is 1. The summed E-state index contributed by atoms with van der Waals surface area (Å²) < 4.78 is 15.2. The second-order valence-electron chi connectivity index (χ2n) is 5.66. The zero-order chi connectivity index (χ0) is 18.2. The van der Waals surface area contributed by atoms with Gasteiger partial charge in [0.25, 0.3) is 0 Å². The molecule has 0 aliphatic rings. The molecule has 1 rings (SSSR count). The molecule has 0 fully saturated rings. The summed E-state index contributed by atoms with van der Waals surface area (Å²) in [6.07, 6.45) is 3.57. The molecule has 0 amide bonds. The Labute approximate surface area is 152 Å². The SMILES string of the molecule is CCCCCC(CC)(C(=O)OBr)C(=O)c1ccc(OC)c(OC)c1. The van der Waals surface area contributed by atoms with E-state index in [4.69, 9.17) is 13.3 Å². The number of benzene rings is 1. The Balaban J connectivity index is 3.26. The number of unbranched alkanes of at least 4 members (excludes halogenated alkanes) is 2. The first-order chi connectivity index (χ1) is 11.5. The first-order valence-corrected chi connectivity index (χ1v) is 8.75. The van der Waals surface area contributed by atoms with Crippen molar-refractivity contribution in [1.29, 1.82) is 0 Å². The topological polar surface area (TPSA) is 61.8 Å². The van der Waals surface area contributed by atoms with Gasteiger partial charge < -0.3 is 13.3 Å². The number of methoxy groups -OCH3 is 2. The van der Waals surface area contributed by atoms with Gasteiger partial charge in [-0.3, -0.25) is 9.59 Å². The van der Waals surface area contributed by atoms with Crippen molar-refractivity contribution in [1.82, 2.24) is 0 Å². The molecule has 0 saturated carbocycles. The molecule has 0 spiro atoms. The van der Waals surface area contributed by atoms with Gasteiger partial charge in [0.1, 0.15) is 5.41 Å². The number of carbonyl (C=O) groups excluding carboxylic acids is 2. The third-order valence-electron chi connectivity index (χ3n) is 4.35. The summed E-state index contributed by atoms with van der Waals surface area (Å²) in [4.78, 5) is 25.5. The average molecular weight is 401 g/mol. The van der Waals surface area contributed by atoms with E-state index >= 15 is 0 Å². The highest BCUT2D eigenvalue weighted by molar-refractivity contribution is 9.06. The highest BCUT2D eigenvalue weighted by atomic mass is 79.9. The summed E-state index contributed by atoms with van der Waals surface area (Å²) in [7, 11) is 3.04. The van der Waals surface area contributed by atoms with Crippen LogP contribution in [0, 0.1) is 5.41 Å². The highest BCUT2D eigenvalue weighted by Crippen LogP contribution is 2.37. The largest absolute Gasteiger partial charge is 0.493 e. The molecule has 6 heteroatoms. The van der Waals surface area contributed by atoms with Crippen molar-refractivity contribution in [2.75, 3.05) is 14.2 Å². The maximum Gasteiger partial charge on any atom is 0.331 e. The molecule has 0 aliphatic carbocycles. The van der Waals surface area contributed by atoms with Gasteiger partial charge in [0.05, 0.1) is 14.2 Å². The van der Waals surface area contributed by atoms with E-state index in [9.17, 15) is 9.59 Å². The van der Waals surface area contributed by atoms with Gasteiger partial charge in [-0.1, -0.05) is 33.1 Å². The molecule has 1 unspecified atom stereocenters. The average Bonchev–Trinajstić information content (AvgIpc) is 2.63. The van der Waals surface area contributed by atoms with Gasteiger partial charge in [-0.15, -0.1) is 0 Å². The van der Waals surface area contributed by atoms with E-state index in [1.807, 2.05) is 6.92 Å². The standard InChI is InChI=1S/C18H25BrO5/c1-5-7-8-11-18(6-2,17(21)24-19)16(20)13-9-10-14(22-3)15(12-13)23-4/h9-10,12H,5-8,11H2,1-4H3. The van der Waals surface area contributed by atoms with Crippen LogP contribution in [0.15, 0.2) is 18.2 Å². The molecule has 1 aromatic rings. The molecule has 134 valence electrons. The number of hydrogen-bond donors (Lipinski definition) is 0. The molecule has 0 aliphatic heterocycles. The van der Waals surface area contributed by atoms with Crippen molar-refractivity contribution in [3.63, 3.8) is 0 Å². The summed E-state index contributed by atoms with van der Waals surface area (Å²) in [5.74, 6) is 0.173. The zero-order valence-electron chi connectivity index (χ0n) is 14.7. The van der Waals surface area contributed by atoms with Crippen molar-refractivity contribution >= 4 is 28.0 Å². The van der Waals surface area contributed by atoms with Crippen LogP contribution in [0.3, 0.4) is 0 Å². The first-order valence-electron chi connectivity index (χ1n) is 8.10. The molecule has 0 N–H and O–H groups in total. The number of ether oxygens (including phenoxy) is 2. The van der Waals surface area contributed by atoms with Gasteiger partial charge in [0.2, 0.25) is 0 Å².